The molecule has 2 unspecified atom stereocenters. The molecule has 0 fully saturated rings. The van der Waals surface area contributed by atoms with Crippen LogP contribution in [0.2, 0.25) is 0 Å². The molecule has 0 aliphatic heterocycles. The number of benzene rings is 3. The third-order valence-corrected chi connectivity index (χ3v) is 5.51. The van der Waals surface area contributed by atoms with Gasteiger partial charge < -0.3 is 15.2 Å². The second-order valence-electron chi connectivity index (χ2n) is 9.15. The lowest BCUT2D eigenvalue weighted by atomic mass is 9.86. The minimum Gasteiger partial charge on any atom is -0.485 e. The number of carbonyl (C=O) groups is 2. The Bertz CT molecular complexity index is 1200. The molecule has 3 rings (SSSR count). The van der Waals surface area contributed by atoms with Crippen molar-refractivity contribution in [1.82, 2.24) is 5.32 Å². The highest BCUT2D eigenvalue weighted by Gasteiger charge is 2.34. The van der Waals surface area contributed by atoms with Crippen molar-refractivity contribution in [3.05, 3.63) is 77.4 Å². The number of carbonyl (C=O) groups excluding carboxylic acids is 1. The van der Waals surface area contributed by atoms with Gasteiger partial charge in [-0.1, -0.05) is 63.2 Å². The summed E-state index contributed by atoms with van der Waals surface area (Å²) in [6, 6.07) is 13.9. The summed E-state index contributed by atoms with van der Waals surface area (Å²) in [5.74, 6) is -1.56. The highest BCUT2D eigenvalue weighted by Crippen LogP contribution is 2.35. The van der Waals surface area contributed by atoms with Crippen LogP contribution in [0.5, 0.6) is 5.75 Å². The minimum absolute atomic E-state index is 0.132. The van der Waals surface area contributed by atoms with E-state index in [4.69, 9.17) is 4.74 Å². The van der Waals surface area contributed by atoms with Crippen molar-refractivity contribution in [2.24, 2.45) is 5.41 Å². The van der Waals surface area contributed by atoms with E-state index in [1.54, 1.807) is 52.0 Å². The number of alkyl halides is 3. The predicted molar refractivity (Wildman–Crippen MR) is 123 cm³/mol. The molecule has 8 heteroatoms. The van der Waals surface area contributed by atoms with E-state index in [-0.39, 0.29) is 11.3 Å². The molecule has 2 atom stereocenters. The lowest BCUT2D eigenvalue weighted by molar-refractivity contribution is -0.142. The van der Waals surface area contributed by atoms with Gasteiger partial charge in [0.05, 0.1) is 11.1 Å². The van der Waals surface area contributed by atoms with Crippen LogP contribution in [0.4, 0.5) is 13.2 Å². The molecule has 1 amide bonds. The number of halogens is 3. The van der Waals surface area contributed by atoms with Gasteiger partial charge in [-0.3, -0.25) is 4.79 Å². The Hall–Kier alpha value is -3.55. The van der Waals surface area contributed by atoms with Gasteiger partial charge in [0.25, 0.3) is 5.91 Å². The van der Waals surface area contributed by atoms with Gasteiger partial charge in [0.2, 0.25) is 0 Å². The van der Waals surface area contributed by atoms with Gasteiger partial charge in [-0.25, -0.2) is 4.79 Å². The minimum atomic E-state index is -4.45. The van der Waals surface area contributed by atoms with Gasteiger partial charge in [0.15, 0.2) is 0 Å². The number of carboxylic acid groups (broad SMARTS) is 1. The van der Waals surface area contributed by atoms with E-state index in [1.807, 2.05) is 12.1 Å². The van der Waals surface area contributed by atoms with E-state index in [0.29, 0.717) is 10.9 Å². The number of amides is 1. The Morgan fingerprint density at radius 2 is 1.56 bits per heavy atom. The Morgan fingerprint density at radius 1 is 0.941 bits per heavy atom. The third kappa shape index (κ3) is 5.50. The summed E-state index contributed by atoms with van der Waals surface area (Å²) in [7, 11) is 0. The molecule has 34 heavy (non-hydrogen) atoms. The summed E-state index contributed by atoms with van der Waals surface area (Å²) in [6.45, 7) is 6.78. The van der Waals surface area contributed by atoms with Gasteiger partial charge in [-0.15, -0.1) is 0 Å². The molecule has 0 aromatic heterocycles. The largest absolute Gasteiger partial charge is 0.485 e. The van der Waals surface area contributed by atoms with E-state index >= 15 is 0 Å². The maximum Gasteiger partial charge on any atom is 0.416 e. The molecule has 5 nitrogen and oxygen atoms in total. The van der Waals surface area contributed by atoms with Gasteiger partial charge in [-0.05, 0) is 41.5 Å². The fraction of sp³-hybridized carbons (Fsp3) is 0.308. The first-order chi connectivity index (χ1) is 15.8. The van der Waals surface area contributed by atoms with Crippen LogP contribution < -0.4 is 10.1 Å². The quantitative estimate of drug-likeness (QED) is 0.445. The van der Waals surface area contributed by atoms with Crippen molar-refractivity contribution in [3.8, 4) is 5.75 Å². The number of hydrogen-bond donors (Lipinski definition) is 2. The number of rotatable bonds is 6. The van der Waals surface area contributed by atoms with E-state index in [9.17, 15) is 27.9 Å². The van der Waals surface area contributed by atoms with Crippen LogP contribution in [-0.4, -0.2) is 23.0 Å². The number of fused-ring (bicyclic) bond motifs is 1. The van der Waals surface area contributed by atoms with E-state index in [2.05, 4.69) is 5.32 Å². The van der Waals surface area contributed by atoms with Crippen LogP contribution in [-0.2, 0) is 11.0 Å². The smallest absolute Gasteiger partial charge is 0.416 e. The van der Waals surface area contributed by atoms with Gasteiger partial charge in [-0.2, -0.15) is 13.2 Å². The zero-order valence-corrected chi connectivity index (χ0v) is 19.2. The molecule has 3 aromatic carbocycles. The summed E-state index contributed by atoms with van der Waals surface area (Å²) in [6.07, 6.45) is -5.13. The molecule has 0 saturated carbocycles. The molecule has 0 heterocycles. The second-order valence-corrected chi connectivity index (χ2v) is 9.15. The lowest BCUT2D eigenvalue weighted by Gasteiger charge is -2.28. The molecular formula is C26H26F3NO4. The standard InChI is InChI=1S/C26H26F3NO4/c1-15(16-9-12-18(13-10-16)26(27,28)29)34-21-19-8-6-5-7-17(19)11-14-20(21)23(31)30-22(24(32)33)25(2,3)4/h5-15,22H,1-4H3,(H,30,31)(H,32,33). The first kappa shape index (κ1) is 25.1. The summed E-state index contributed by atoms with van der Waals surface area (Å²) < 4.78 is 44.9. The molecule has 0 radical (unpaired) electrons. The van der Waals surface area contributed by atoms with Crippen molar-refractivity contribution in [2.75, 3.05) is 0 Å². The molecule has 0 spiro atoms. The number of carboxylic acids is 1. The van der Waals surface area contributed by atoms with Crippen LogP contribution in [0.15, 0.2) is 60.7 Å². The van der Waals surface area contributed by atoms with E-state index in [0.717, 1.165) is 17.5 Å². The Kier molecular flexibility index (Phi) is 6.91. The Labute approximate surface area is 195 Å². The van der Waals surface area contributed by atoms with Gasteiger partial charge >= 0.3 is 12.1 Å². The summed E-state index contributed by atoms with van der Waals surface area (Å²) in [4.78, 5) is 24.9. The Morgan fingerprint density at radius 3 is 2.12 bits per heavy atom. The summed E-state index contributed by atoms with van der Waals surface area (Å²) in [5.41, 5.74) is -0.888. The number of hydrogen-bond acceptors (Lipinski definition) is 3. The number of aliphatic carboxylic acids is 1. The molecule has 180 valence electrons. The van der Waals surface area contributed by atoms with E-state index in [1.165, 1.54) is 12.1 Å². The zero-order valence-electron chi connectivity index (χ0n) is 19.2. The normalized spacial score (nSPS) is 13.9. The topological polar surface area (TPSA) is 75.6 Å². The highest BCUT2D eigenvalue weighted by atomic mass is 19.4. The molecule has 2 N–H and O–H groups in total. The van der Waals surface area contributed by atoms with Gasteiger partial charge in [0, 0.05) is 5.39 Å². The highest BCUT2D eigenvalue weighted by molar-refractivity contribution is 6.05. The van der Waals surface area contributed by atoms with Crippen LogP contribution in [0.1, 0.15) is 55.3 Å². The average molecular weight is 473 g/mol. The first-order valence-corrected chi connectivity index (χ1v) is 10.7. The Balaban J connectivity index is 1.99. The van der Waals surface area contributed by atoms with Crippen LogP contribution in [0, 0.1) is 5.41 Å². The maximum absolute atomic E-state index is 13.2. The number of nitrogens with one attached hydrogen (secondary N) is 1. The van der Waals surface area contributed by atoms with Gasteiger partial charge in [0.1, 0.15) is 17.9 Å². The second kappa shape index (κ2) is 9.37. The first-order valence-electron chi connectivity index (χ1n) is 10.7. The third-order valence-electron chi connectivity index (χ3n) is 5.51. The fourth-order valence-electron chi connectivity index (χ4n) is 3.59. The van der Waals surface area contributed by atoms with Crippen LogP contribution in [0.25, 0.3) is 10.8 Å². The van der Waals surface area contributed by atoms with Crippen molar-refractivity contribution < 1.29 is 32.6 Å². The molecular weight excluding hydrogens is 447 g/mol. The molecule has 0 bridgehead atoms. The van der Waals surface area contributed by atoms with Crippen molar-refractivity contribution in [1.29, 1.82) is 0 Å². The maximum atomic E-state index is 13.2. The zero-order chi connectivity index (χ0) is 25.3. The monoisotopic (exact) mass is 473 g/mol. The molecule has 0 aliphatic carbocycles. The number of ether oxygens (including phenoxy) is 1. The van der Waals surface area contributed by atoms with Crippen molar-refractivity contribution in [2.45, 2.75) is 46.0 Å². The molecule has 3 aromatic rings. The van der Waals surface area contributed by atoms with Crippen molar-refractivity contribution >= 4 is 22.6 Å². The fourth-order valence-corrected chi connectivity index (χ4v) is 3.59. The van der Waals surface area contributed by atoms with Crippen LogP contribution >= 0.6 is 0 Å². The van der Waals surface area contributed by atoms with E-state index < -0.39 is 41.2 Å². The summed E-state index contributed by atoms with van der Waals surface area (Å²) >= 11 is 0. The summed E-state index contributed by atoms with van der Waals surface area (Å²) in [5, 5.41) is 13.6. The van der Waals surface area contributed by atoms with Crippen LogP contribution in [0.3, 0.4) is 0 Å². The molecule has 0 saturated heterocycles. The molecule has 0 aliphatic rings. The average Bonchev–Trinajstić information content (AvgIpc) is 2.76. The predicted octanol–water partition coefficient (Wildman–Crippen LogP) is 6.23. The SMILES string of the molecule is CC(Oc1c(C(=O)NC(C(=O)O)C(C)(C)C)ccc2ccccc12)c1ccc(C(F)(F)F)cc1. The lowest BCUT2D eigenvalue weighted by Crippen LogP contribution is -2.49. The van der Waals surface area contributed by atoms with Crippen molar-refractivity contribution in [3.63, 3.8) is 0 Å².